The number of carbonyl (C=O) groups is 2. The minimum absolute atomic E-state index is 0.0646. The summed E-state index contributed by atoms with van der Waals surface area (Å²) in [7, 11) is 0. The third-order valence-corrected chi connectivity index (χ3v) is 7.46. The van der Waals surface area contributed by atoms with Crippen molar-refractivity contribution in [3.63, 3.8) is 0 Å². The first-order chi connectivity index (χ1) is 20.5. The van der Waals surface area contributed by atoms with Crippen LogP contribution in [-0.4, -0.2) is 35.5 Å². The fourth-order valence-electron chi connectivity index (χ4n) is 5.38. The van der Waals surface area contributed by atoms with Gasteiger partial charge < -0.3 is 10.6 Å². The minimum Gasteiger partial charge on any atom is -0.325 e. The number of fused-ring (bicyclic) bond motifs is 1. The van der Waals surface area contributed by atoms with Crippen molar-refractivity contribution in [3.05, 3.63) is 125 Å². The van der Waals surface area contributed by atoms with Gasteiger partial charge in [0.25, 0.3) is 0 Å². The van der Waals surface area contributed by atoms with Gasteiger partial charge in [-0.15, -0.1) is 0 Å². The average Bonchev–Trinajstić information content (AvgIpc) is 3.64. The lowest BCUT2D eigenvalue weighted by molar-refractivity contribution is -0.115. The summed E-state index contributed by atoms with van der Waals surface area (Å²) < 4.78 is 13.8. The summed E-state index contributed by atoms with van der Waals surface area (Å²) in [4.78, 5) is 33.1. The van der Waals surface area contributed by atoms with Crippen molar-refractivity contribution >= 4 is 34.6 Å². The number of para-hydroxylation sites is 1. The molecule has 1 saturated heterocycles. The van der Waals surface area contributed by atoms with Crippen molar-refractivity contribution in [1.29, 1.82) is 0 Å². The second-order valence-electron chi connectivity index (χ2n) is 10.4. The molecule has 4 aromatic rings. The molecular weight excluding hydrogens is 527 g/mol. The van der Waals surface area contributed by atoms with E-state index in [-0.39, 0.29) is 11.6 Å². The van der Waals surface area contributed by atoms with Gasteiger partial charge in [0.15, 0.2) is 0 Å². The average molecular weight is 557 g/mol. The second kappa shape index (κ2) is 12.2. The van der Waals surface area contributed by atoms with Crippen molar-refractivity contribution in [2.45, 2.75) is 25.3 Å². The lowest BCUT2D eigenvalue weighted by Crippen LogP contribution is -2.22. The van der Waals surface area contributed by atoms with Crippen molar-refractivity contribution in [2.75, 3.05) is 23.7 Å². The molecule has 0 spiro atoms. The van der Waals surface area contributed by atoms with E-state index in [1.807, 2.05) is 48.5 Å². The van der Waals surface area contributed by atoms with Gasteiger partial charge in [-0.1, -0.05) is 66.6 Å². The maximum absolute atomic E-state index is 13.8. The highest BCUT2D eigenvalue weighted by atomic mass is 19.1. The van der Waals surface area contributed by atoms with E-state index in [0.29, 0.717) is 17.0 Å². The molecule has 2 amide bonds. The Balaban J connectivity index is 1.26. The number of nitrogens with zero attached hydrogens (tertiary/aromatic N) is 2. The molecule has 7 heteroatoms. The molecule has 6 nitrogen and oxygen atoms in total. The van der Waals surface area contributed by atoms with Gasteiger partial charge in [-0.05, 0) is 79.0 Å². The third-order valence-electron chi connectivity index (χ3n) is 7.46. The highest BCUT2D eigenvalue weighted by Crippen LogP contribution is 2.37. The van der Waals surface area contributed by atoms with Crippen molar-refractivity contribution in [3.8, 4) is 11.8 Å². The molecule has 0 bridgehead atoms. The van der Waals surface area contributed by atoms with E-state index in [2.05, 4.69) is 39.5 Å². The standard InChI is InChI=1S/C35H29FN4O2/c36-29-10-4-5-11-30(29)38-32(41)19-15-24-14-18-28-31(22-24)39-35(42)33(28)34(26-8-2-1-3-9-26)37-27-16-12-25(13-17-27)23-40-20-6-7-21-40/h1-5,8-14,16-18,22,33H,6-7,20-21,23H2,(H,38,41)(H,39,42). The number of rotatable bonds is 6. The van der Waals surface area contributed by atoms with Crippen LogP contribution >= 0.6 is 0 Å². The molecular formula is C35H29FN4O2. The van der Waals surface area contributed by atoms with Gasteiger partial charge in [0.05, 0.1) is 17.1 Å². The molecule has 1 unspecified atom stereocenters. The molecule has 0 saturated carbocycles. The van der Waals surface area contributed by atoms with E-state index in [1.165, 1.54) is 30.5 Å². The largest absolute Gasteiger partial charge is 0.325 e. The van der Waals surface area contributed by atoms with Crippen molar-refractivity contribution < 1.29 is 14.0 Å². The summed E-state index contributed by atoms with van der Waals surface area (Å²) in [5.41, 5.74) is 5.56. The SMILES string of the molecule is O=C(C#Cc1ccc2c(c1)NC(=O)C2C(=Nc1ccc(CN2CCCC2)cc1)c1ccccc1)Nc1ccccc1F. The molecule has 2 aliphatic heterocycles. The van der Waals surface area contributed by atoms with E-state index >= 15 is 0 Å². The number of carbonyl (C=O) groups excluding carboxylic acids is 2. The Morgan fingerprint density at radius 1 is 0.952 bits per heavy atom. The Morgan fingerprint density at radius 3 is 2.45 bits per heavy atom. The zero-order valence-corrected chi connectivity index (χ0v) is 22.9. The van der Waals surface area contributed by atoms with E-state index in [1.54, 1.807) is 24.3 Å². The Labute approximate surface area is 244 Å². The zero-order chi connectivity index (χ0) is 28.9. The molecule has 6 rings (SSSR count). The van der Waals surface area contributed by atoms with Crippen LogP contribution in [0.25, 0.3) is 0 Å². The van der Waals surface area contributed by atoms with Crippen LogP contribution in [0.1, 0.15) is 41.0 Å². The molecule has 4 aromatic carbocycles. The van der Waals surface area contributed by atoms with Crippen LogP contribution in [0.15, 0.2) is 102 Å². The van der Waals surface area contributed by atoms with Crippen LogP contribution in [0.2, 0.25) is 0 Å². The first-order valence-corrected chi connectivity index (χ1v) is 14.0. The molecule has 1 fully saturated rings. The lowest BCUT2D eigenvalue weighted by atomic mass is 9.90. The van der Waals surface area contributed by atoms with Crippen molar-refractivity contribution in [2.24, 2.45) is 4.99 Å². The summed E-state index contributed by atoms with van der Waals surface area (Å²) in [5, 5.41) is 5.41. The summed E-state index contributed by atoms with van der Waals surface area (Å²) >= 11 is 0. The van der Waals surface area contributed by atoms with Crippen molar-refractivity contribution in [1.82, 2.24) is 4.90 Å². The third kappa shape index (κ3) is 6.14. The van der Waals surface area contributed by atoms with Gasteiger partial charge in [-0.2, -0.15) is 0 Å². The predicted octanol–water partition coefficient (Wildman–Crippen LogP) is 6.27. The normalized spacial score (nSPS) is 16.4. The number of anilines is 2. The highest BCUT2D eigenvalue weighted by Gasteiger charge is 2.35. The quantitative estimate of drug-likeness (QED) is 0.217. The van der Waals surface area contributed by atoms with Gasteiger partial charge in [0, 0.05) is 23.7 Å². The van der Waals surface area contributed by atoms with E-state index in [0.717, 1.165) is 36.4 Å². The molecule has 42 heavy (non-hydrogen) atoms. The molecule has 0 aromatic heterocycles. The summed E-state index contributed by atoms with van der Waals surface area (Å²) in [6.45, 7) is 3.22. The van der Waals surface area contributed by atoms with E-state index < -0.39 is 17.6 Å². The fourth-order valence-corrected chi connectivity index (χ4v) is 5.38. The number of benzene rings is 4. The molecule has 0 aliphatic carbocycles. The summed E-state index contributed by atoms with van der Waals surface area (Å²) in [6.07, 6.45) is 2.51. The molecule has 2 N–H and O–H groups in total. The van der Waals surface area contributed by atoms with Gasteiger partial charge in [-0.25, -0.2) is 4.39 Å². The Bertz CT molecular complexity index is 1720. The number of hydrogen-bond acceptors (Lipinski definition) is 4. The molecule has 2 heterocycles. The fraction of sp³-hybridized carbons (Fsp3) is 0.171. The summed E-state index contributed by atoms with van der Waals surface area (Å²) in [5.74, 6) is 3.34. The van der Waals surface area contributed by atoms with Crippen LogP contribution < -0.4 is 10.6 Å². The van der Waals surface area contributed by atoms with E-state index in [9.17, 15) is 14.0 Å². The Kier molecular flexibility index (Phi) is 7.89. The number of aliphatic imine (C=N–C) groups is 1. The van der Waals surface area contributed by atoms with Gasteiger partial charge >= 0.3 is 5.91 Å². The van der Waals surface area contributed by atoms with Crippen LogP contribution in [0, 0.1) is 17.7 Å². The lowest BCUT2D eigenvalue weighted by Gasteiger charge is -2.15. The van der Waals surface area contributed by atoms with Crippen LogP contribution in [-0.2, 0) is 16.1 Å². The second-order valence-corrected chi connectivity index (χ2v) is 10.4. The smallest absolute Gasteiger partial charge is 0.300 e. The maximum atomic E-state index is 13.8. The Morgan fingerprint density at radius 2 is 1.69 bits per heavy atom. The van der Waals surface area contributed by atoms with Crippen LogP contribution in [0.4, 0.5) is 21.5 Å². The topological polar surface area (TPSA) is 73.8 Å². The number of likely N-dealkylation sites (tertiary alicyclic amines) is 1. The maximum Gasteiger partial charge on any atom is 0.300 e. The zero-order valence-electron chi connectivity index (χ0n) is 22.9. The van der Waals surface area contributed by atoms with Gasteiger partial charge in [-0.3, -0.25) is 19.5 Å². The van der Waals surface area contributed by atoms with E-state index in [4.69, 9.17) is 4.99 Å². The highest BCUT2D eigenvalue weighted by molar-refractivity contribution is 6.24. The molecule has 2 aliphatic rings. The monoisotopic (exact) mass is 556 g/mol. The van der Waals surface area contributed by atoms with Crippen LogP contribution in [0.5, 0.6) is 0 Å². The minimum atomic E-state index is -0.632. The summed E-state index contributed by atoms with van der Waals surface area (Å²) in [6, 6.07) is 29.2. The Hall–Kier alpha value is -5.06. The number of nitrogens with one attached hydrogen (secondary N) is 2. The molecule has 0 radical (unpaired) electrons. The first-order valence-electron chi connectivity index (χ1n) is 14.0. The van der Waals surface area contributed by atoms with Crippen LogP contribution in [0.3, 0.4) is 0 Å². The molecule has 1 atom stereocenters. The van der Waals surface area contributed by atoms with Gasteiger partial charge in [0.2, 0.25) is 5.91 Å². The predicted molar refractivity (Wildman–Crippen MR) is 163 cm³/mol. The first kappa shape index (κ1) is 27.1. The molecule has 208 valence electrons. The number of halogens is 1. The van der Waals surface area contributed by atoms with Gasteiger partial charge in [0.1, 0.15) is 11.7 Å². The number of hydrogen-bond donors (Lipinski definition) is 2. The number of amides is 2.